The van der Waals surface area contributed by atoms with Gasteiger partial charge in [-0.15, -0.1) is 6.42 Å². The van der Waals surface area contributed by atoms with E-state index in [1.807, 2.05) is 6.92 Å². The van der Waals surface area contributed by atoms with Crippen LogP contribution in [0.5, 0.6) is 0 Å². The summed E-state index contributed by atoms with van der Waals surface area (Å²) in [5.74, 6) is 1.39. The molecule has 0 rings (SSSR count). The highest BCUT2D eigenvalue weighted by Gasteiger charge is 2.25. The van der Waals surface area contributed by atoms with Gasteiger partial charge in [-0.2, -0.15) is 0 Å². The molecule has 0 aromatic carbocycles. The fourth-order valence-corrected chi connectivity index (χ4v) is 0.906. The predicted octanol–water partition coefficient (Wildman–Crippen LogP) is -0.514. The van der Waals surface area contributed by atoms with Gasteiger partial charge in [0.05, 0.1) is 0 Å². The number of primary amides is 1. The SMILES string of the molecule is C#CC(N)(C=CC(N)CCC)C(N)=O. The van der Waals surface area contributed by atoms with Crippen LogP contribution in [0.3, 0.4) is 0 Å². The Morgan fingerprint density at radius 2 is 2.29 bits per heavy atom. The lowest BCUT2D eigenvalue weighted by Gasteiger charge is -2.15. The molecule has 0 aliphatic heterocycles. The molecule has 0 saturated heterocycles. The molecule has 0 saturated carbocycles. The summed E-state index contributed by atoms with van der Waals surface area (Å²) in [4.78, 5) is 10.9. The van der Waals surface area contributed by atoms with E-state index in [0.717, 1.165) is 12.8 Å². The van der Waals surface area contributed by atoms with E-state index >= 15 is 0 Å². The highest BCUT2D eigenvalue weighted by atomic mass is 16.1. The molecule has 0 heterocycles. The Kier molecular flexibility index (Phi) is 4.92. The maximum atomic E-state index is 10.9. The van der Waals surface area contributed by atoms with E-state index < -0.39 is 11.4 Å². The first-order valence-electron chi connectivity index (χ1n) is 4.47. The highest BCUT2D eigenvalue weighted by molar-refractivity contribution is 5.90. The van der Waals surface area contributed by atoms with Crippen LogP contribution in [-0.4, -0.2) is 17.5 Å². The minimum absolute atomic E-state index is 0.143. The van der Waals surface area contributed by atoms with E-state index in [4.69, 9.17) is 23.6 Å². The van der Waals surface area contributed by atoms with E-state index in [2.05, 4.69) is 5.92 Å². The molecule has 0 aliphatic rings. The number of carbonyl (C=O) groups excluding carboxylic acids is 1. The summed E-state index contributed by atoms with van der Waals surface area (Å²) in [6, 6.07) is -0.143. The van der Waals surface area contributed by atoms with Crippen molar-refractivity contribution in [1.82, 2.24) is 0 Å². The second kappa shape index (κ2) is 5.43. The smallest absolute Gasteiger partial charge is 0.254 e. The van der Waals surface area contributed by atoms with Crippen LogP contribution in [0.25, 0.3) is 0 Å². The van der Waals surface area contributed by atoms with E-state index in [1.165, 1.54) is 6.08 Å². The molecule has 14 heavy (non-hydrogen) atoms. The zero-order valence-electron chi connectivity index (χ0n) is 8.36. The lowest BCUT2D eigenvalue weighted by atomic mass is 9.99. The van der Waals surface area contributed by atoms with Gasteiger partial charge in [-0.3, -0.25) is 4.79 Å². The monoisotopic (exact) mass is 195 g/mol. The zero-order valence-corrected chi connectivity index (χ0v) is 8.36. The molecule has 0 spiro atoms. The molecule has 1 amide bonds. The summed E-state index contributed by atoms with van der Waals surface area (Å²) >= 11 is 0. The van der Waals surface area contributed by atoms with E-state index in [0.29, 0.717) is 0 Å². The lowest BCUT2D eigenvalue weighted by Crippen LogP contribution is -2.49. The fraction of sp³-hybridized carbons (Fsp3) is 0.500. The molecule has 78 valence electrons. The minimum atomic E-state index is -1.52. The first kappa shape index (κ1) is 12.7. The molecular weight excluding hydrogens is 178 g/mol. The van der Waals surface area contributed by atoms with Crippen molar-refractivity contribution in [2.45, 2.75) is 31.3 Å². The second-order valence-electron chi connectivity index (χ2n) is 3.19. The van der Waals surface area contributed by atoms with Gasteiger partial charge in [-0.1, -0.05) is 25.3 Å². The summed E-state index contributed by atoms with van der Waals surface area (Å²) in [7, 11) is 0. The third-order valence-corrected chi connectivity index (χ3v) is 1.87. The van der Waals surface area contributed by atoms with Gasteiger partial charge in [0.25, 0.3) is 5.91 Å². The summed E-state index contributed by atoms with van der Waals surface area (Å²) in [5.41, 5.74) is 14.7. The molecule has 2 unspecified atom stereocenters. The van der Waals surface area contributed by atoms with Crippen LogP contribution in [0.4, 0.5) is 0 Å². The number of rotatable bonds is 5. The second-order valence-corrected chi connectivity index (χ2v) is 3.19. The summed E-state index contributed by atoms with van der Waals surface area (Å²) in [6.07, 6.45) is 9.87. The Balaban J connectivity index is 4.48. The number of hydrogen-bond acceptors (Lipinski definition) is 3. The maximum Gasteiger partial charge on any atom is 0.254 e. The Morgan fingerprint density at radius 3 is 2.64 bits per heavy atom. The molecule has 0 radical (unpaired) electrons. The van der Waals surface area contributed by atoms with Crippen LogP contribution in [0, 0.1) is 12.3 Å². The van der Waals surface area contributed by atoms with Crippen LogP contribution >= 0.6 is 0 Å². The van der Waals surface area contributed by atoms with Gasteiger partial charge in [-0.25, -0.2) is 0 Å². The summed E-state index contributed by atoms with van der Waals surface area (Å²) < 4.78 is 0. The Bertz CT molecular complexity index is 267. The van der Waals surface area contributed by atoms with Crippen LogP contribution in [0.15, 0.2) is 12.2 Å². The first-order valence-corrected chi connectivity index (χ1v) is 4.47. The van der Waals surface area contributed by atoms with Gasteiger partial charge in [0.2, 0.25) is 0 Å². The fourth-order valence-electron chi connectivity index (χ4n) is 0.906. The quantitative estimate of drug-likeness (QED) is 0.407. The Hall–Kier alpha value is -1.31. The van der Waals surface area contributed by atoms with Crippen molar-refractivity contribution in [2.24, 2.45) is 17.2 Å². The van der Waals surface area contributed by atoms with Crippen molar-refractivity contribution in [3.05, 3.63) is 12.2 Å². The lowest BCUT2D eigenvalue weighted by molar-refractivity contribution is -0.120. The first-order chi connectivity index (χ1) is 6.46. The third-order valence-electron chi connectivity index (χ3n) is 1.87. The van der Waals surface area contributed by atoms with Crippen LogP contribution in [0.2, 0.25) is 0 Å². The molecule has 0 aromatic rings. The molecule has 6 N–H and O–H groups in total. The number of carbonyl (C=O) groups is 1. The number of hydrogen-bond donors (Lipinski definition) is 3. The Morgan fingerprint density at radius 1 is 1.71 bits per heavy atom. The average molecular weight is 195 g/mol. The molecule has 0 aromatic heterocycles. The van der Waals surface area contributed by atoms with Crippen molar-refractivity contribution < 1.29 is 4.79 Å². The van der Waals surface area contributed by atoms with E-state index in [-0.39, 0.29) is 6.04 Å². The largest absolute Gasteiger partial charge is 0.367 e. The Labute approximate surface area is 84.5 Å². The van der Waals surface area contributed by atoms with Gasteiger partial charge in [0.1, 0.15) is 0 Å². The predicted molar refractivity (Wildman–Crippen MR) is 57.0 cm³/mol. The van der Waals surface area contributed by atoms with Crippen molar-refractivity contribution in [3.8, 4) is 12.3 Å². The molecule has 4 nitrogen and oxygen atoms in total. The van der Waals surface area contributed by atoms with Gasteiger partial charge < -0.3 is 17.2 Å². The van der Waals surface area contributed by atoms with Gasteiger partial charge in [-0.05, 0) is 12.5 Å². The normalized spacial score (nSPS) is 17.3. The molecule has 2 atom stereocenters. The maximum absolute atomic E-state index is 10.9. The molecule has 0 fully saturated rings. The minimum Gasteiger partial charge on any atom is -0.367 e. The number of amides is 1. The zero-order chi connectivity index (χ0) is 11.2. The topological polar surface area (TPSA) is 95.1 Å². The van der Waals surface area contributed by atoms with Crippen molar-refractivity contribution in [1.29, 1.82) is 0 Å². The third kappa shape index (κ3) is 3.60. The van der Waals surface area contributed by atoms with Crippen molar-refractivity contribution >= 4 is 5.91 Å². The molecule has 4 heteroatoms. The van der Waals surface area contributed by atoms with Gasteiger partial charge >= 0.3 is 0 Å². The van der Waals surface area contributed by atoms with Crippen LogP contribution in [0.1, 0.15) is 19.8 Å². The molecule has 0 bridgehead atoms. The molecule has 0 aliphatic carbocycles. The number of terminal acetylenes is 1. The van der Waals surface area contributed by atoms with Crippen molar-refractivity contribution in [3.63, 3.8) is 0 Å². The standard InChI is InChI=1S/C10H17N3O/c1-3-5-8(11)6-7-10(13,4-2)9(12)14/h2,6-8H,3,5,11,13H2,1H3,(H2,12,14). The molecular formula is C10H17N3O. The highest BCUT2D eigenvalue weighted by Crippen LogP contribution is 2.03. The summed E-state index contributed by atoms with van der Waals surface area (Å²) in [5, 5.41) is 0. The van der Waals surface area contributed by atoms with E-state index in [1.54, 1.807) is 6.08 Å². The summed E-state index contributed by atoms with van der Waals surface area (Å²) in [6.45, 7) is 2.01. The van der Waals surface area contributed by atoms with Gasteiger partial charge in [0.15, 0.2) is 5.54 Å². The average Bonchev–Trinajstić information content (AvgIpc) is 2.14. The van der Waals surface area contributed by atoms with Crippen LogP contribution < -0.4 is 17.2 Å². The number of nitrogens with two attached hydrogens (primary N) is 3. The van der Waals surface area contributed by atoms with Crippen LogP contribution in [-0.2, 0) is 4.79 Å². The van der Waals surface area contributed by atoms with Gasteiger partial charge in [0, 0.05) is 6.04 Å². The van der Waals surface area contributed by atoms with Crippen molar-refractivity contribution in [2.75, 3.05) is 0 Å². The van der Waals surface area contributed by atoms with E-state index in [9.17, 15) is 4.79 Å².